The van der Waals surface area contributed by atoms with Gasteiger partial charge < -0.3 is 10.4 Å². The number of thioether (sulfide) groups is 1. The molecule has 20 heavy (non-hydrogen) atoms. The minimum absolute atomic E-state index is 0.471. The van der Waals surface area contributed by atoms with E-state index in [1.807, 2.05) is 43.4 Å². The normalized spacial score (nSPS) is 20.9. The van der Waals surface area contributed by atoms with Gasteiger partial charge in [-0.15, -0.1) is 11.8 Å². The van der Waals surface area contributed by atoms with Crippen molar-refractivity contribution in [3.05, 3.63) is 64.2 Å². The van der Waals surface area contributed by atoms with Gasteiger partial charge in [0.25, 0.3) is 0 Å². The summed E-state index contributed by atoms with van der Waals surface area (Å²) in [4.78, 5) is 1.12. The van der Waals surface area contributed by atoms with E-state index in [9.17, 15) is 5.11 Å². The average Bonchev–Trinajstić information content (AvgIpc) is 2.56. The molecule has 2 N–H and O–H groups in total. The molecule has 0 radical (unpaired) electrons. The number of hydrogen-bond acceptors (Lipinski definition) is 3. The molecule has 0 aliphatic carbocycles. The Kier molecular flexibility index (Phi) is 3.78. The Morgan fingerprint density at radius 2 is 2.05 bits per heavy atom. The molecule has 0 saturated heterocycles. The highest BCUT2D eigenvalue weighted by molar-refractivity contribution is 7.98. The number of rotatable bonds is 2. The fraction of sp³-hybridized carbons (Fsp3) is 0.250. The summed E-state index contributed by atoms with van der Waals surface area (Å²) in [5.41, 5.74) is 1.97. The molecule has 1 aliphatic heterocycles. The molecule has 4 heteroatoms. The second kappa shape index (κ2) is 5.41. The molecule has 1 atom stereocenters. The van der Waals surface area contributed by atoms with Crippen LogP contribution in [-0.2, 0) is 11.4 Å². The number of likely N-dealkylation sites (N-methyl/N-ethyl adjacent to an activating group) is 1. The number of benzene rings is 2. The highest BCUT2D eigenvalue weighted by atomic mass is 35.5. The largest absolute Gasteiger partial charge is 0.379 e. The third-order valence-electron chi connectivity index (χ3n) is 3.66. The van der Waals surface area contributed by atoms with Gasteiger partial charge in [0.2, 0.25) is 0 Å². The summed E-state index contributed by atoms with van der Waals surface area (Å²) in [5, 5.41) is 15.1. The van der Waals surface area contributed by atoms with Gasteiger partial charge in [0, 0.05) is 27.8 Å². The van der Waals surface area contributed by atoms with Gasteiger partial charge in [-0.05, 0) is 36.4 Å². The van der Waals surface area contributed by atoms with E-state index in [1.54, 1.807) is 11.8 Å². The predicted octanol–water partition coefficient (Wildman–Crippen LogP) is 3.40. The van der Waals surface area contributed by atoms with E-state index in [1.165, 1.54) is 0 Å². The molecule has 1 aliphatic rings. The van der Waals surface area contributed by atoms with Crippen LogP contribution in [0.3, 0.4) is 0 Å². The number of nitrogens with one attached hydrogen (secondary N) is 1. The first-order valence-corrected chi connectivity index (χ1v) is 7.89. The lowest BCUT2D eigenvalue weighted by Gasteiger charge is -2.30. The summed E-state index contributed by atoms with van der Waals surface area (Å²) in [5.74, 6) is 0.818. The zero-order valence-corrected chi connectivity index (χ0v) is 12.8. The Morgan fingerprint density at radius 1 is 1.25 bits per heavy atom. The molecule has 2 nitrogen and oxygen atoms in total. The van der Waals surface area contributed by atoms with E-state index >= 15 is 0 Å². The van der Waals surface area contributed by atoms with Crippen molar-refractivity contribution < 1.29 is 5.11 Å². The summed E-state index contributed by atoms with van der Waals surface area (Å²) in [6.45, 7) is 0.471. The van der Waals surface area contributed by atoms with Crippen molar-refractivity contribution in [3.63, 3.8) is 0 Å². The second-order valence-electron chi connectivity index (χ2n) is 4.98. The molecule has 2 aromatic rings. The van der Waals surface area contributed by atoms with Crippen LogP contribution < -0.4 is 5.32 Å². The average molecular weight is 306 g/mol. The van der Waals surface area contributed by atoms with Crippen molar-refractivity contribution in [2.45, 2.75) is 16.2 Å². The maximum absolute atomic E-state index is 11.3. The van der Waals surface area contributed by atoms with Crippen molar-refractivity contribution in [3.8, 4) is 0 Å². The van der Waals surface area contributed by atoms with Crippen LogP contribution in [0.5, 0.6) is 0 Å². The number of fused-ring (bicyclic) bond motifs is 2. The van der Waals surface area contributed by atoms with E-state index in [0.29, 0.717) is 11.6 Å². The van der Waals surface area contributed by atoms with Crippen LogP contribution >= 0.6 is 23.4 Å². The van der Waals surface area contributed by atoms with Gasteiger partial charge in [-0.2, -0.15) is 0 Å². The molecule has 0 fully saturated rings. The zero-order valence-electron chi connectivity index (χ0n) is 11.2. The van der Waals surface area contributed by atoms with Gasteiger partial charge in [0.05, 0.1) is 0 Å². The molecular weight excluding hydrogens is 290 g/mol. The molecule has 0 spiro atoms. The quantitative estimate of drug-likeness (QED) is 0.892. The maximum atomic E-state index is 11.3. The van der Waals surface area contributed by atoms with Crippen LogP contribution in [0, 0.1) is 0 Å². The van der Waals surface area contributed by atoms with E-state index in [-0.39, 0.29) is 0 Å². The van der Waals surface area contributed by atoms with Crippen LogP contribution in [-0.4, -0.2) is 18.7 Å². The van der Waals surface area contributed by atoms with Crippen molar-refractivity contribution in [2.24, 2.45) is 0 Å². The molecule has 2 aromatic carbocycles. The van der Waals surface area contributed by atoms with Gasteiger partial charge in [-0.3, -0.25) is 0 Å². The van der Waals surface area contributed by atoms with E-state index in [2.05, 4.69) is 11.4 Å². The number of aliphatic hydroxyl groups is 1. The lowest BCUT2D eigenvalue weighted by atomic mass is 9.84. The van der Waals surface area contributed by atoms with Crippen molar-refractivity contribution in [1.82, 2.24) is 5.32 Å². The summed E-state index contributed by atoms with van der Waals surface area (Å²) in [6.07, 6.45) is 0. The van der Waals surface area contributed by atoms with Crippen molar-refractivity contribution in [2.75, 3.05) is 13.6 Å². The minimum atomic E-state index is -1.02. The summed E-state index contributed by atoms with van der Waals surface area (Å²) < 4.78 is 0. The molecule has 0 aromatic heterocycles. The molecule has 3 rings (SSSR count). The third kappa shape index (κ3) is 2.25. The standard InChI is InChI=1S/C16H16ClNOS/c1-18-10-16(19)13-7-6-12(17)8-11(13)9-20-15-5-3-2-4-14(15)16/h2-8,18-19H,9-10H2,1H3. The molecule has 0 saturated carbocycles. The van der Waals surface area contributed by atoms with E-state index in [0.717, 1.165) is 27.3 Å². The number of halogens is 1. The Morgan fingerprint density at radius 3 is 2.85 bits per heavy atom. The lowest BCUT2D eigenvalue weighted by molar-refractivity contribution is 0.0793. The fourth-order valence-electron chi connectivity index (χ4n) is 2.77. The molecule has 104 valence electrons. The van der Waals surface area contributed by atoms with Crippen LogP contribution in [0.1, 0.15) is 16.7 Å². The van der Waals surface area contributed by atoms with Gasteiger partial charge in [-0.25, -0.2) is 0 Å². The molecule has 0 bridgehead atoms. The Hall–Kier alpha value is -1.00. The smallest absolute Gasteiger partial charge is 0.128 e. The highest BCUT2D eigenvalue weighted by Gasteiger charge is 2.36. The lowest BCUT2D eigenvalue weighted by Crippen LogP contribution is -2.38. The summed E-state index contributed by atoms with van der Waals surface area (Å²) >= 11 is 7.85. The van der Waals surface area contributed by atoms with Gasteiger partial charge >= 0.3 is 0 Å². The molecule has 0 amide bonds. The summed E-state index contributed by atoms with van der Waals surface area (Å²) in [6, 6.07) is 13.8. The SMILES string of the molecule is CNCC1(O)c2ccc(Cl)cc2CSc2ccccc21. The zero-order chi connectivity index (χ0) is 14.2. The molecular formula is C16H16ClNOS. The van der Waals surface area contributed by atoms with E-state index in [4.69, 9.17) is 11.6 Å². The van der Waals surface area contributed by atoms with Crippen LogP contribution in [0.15, 0.2) is 47.4 Å². The first-order chi connectivity index (χ1) is 9.65. The maximum Gasteiger partial charge on any atom is 0.128 e. The van der Waals surface area contributed by atoms with Gasteiger partial charge in [0.1, 0.15) is 5.60 Å². The topological polar surface area (TPSA) is 32.3 Å². The summed E-state index contributed by atoms with van der Waals surface area (Å²) in [7, 11) is 1.86. The molecule has 1 unspecified atom stereocenters. The first kappa shape index (κ1) is 14.0. The Labute approximate surface area is 128 Å². The van der Waals surface area contributed by atoms with Crippen molar-refractivity contribution in [1.29, 1.82) is 0 Å². The third-order valence-corrected chi connectivity index (χ3v) is 5.02. The second-order valence-corrected chi connectivity index (χ2v) is 6.43. The first-order valence-electron chi connectivity index (χ1n) is 6.53. The van der Waals surface area contributed by atoms with E-state index < -0.39 is 5.60 Å². The minimum Gasteiger partial charge on any atom is -0.379 e. The van der Waals surface area contributed by atoms with Crippen LogP contribution in [0.4, 0.5) is 0 Å². The van der Waals surface area contributed by atoms with Gasteiger partial charge in [0.15, 0.2) is 0 Å². The predicted molar refractivity (Wildman–Crippen MR) is 84.4 cm³/mol. The fourth-order valence-corrected chi connectivity index (χ4v) is 4.08. The Balaban J connectivity index is 2.25. The monoisotopic (exact) mass is 305 g/mol. The number of hydrogen-bond donors (Lipinski definition) is 2. The van der Waals surface area contributed by atoms with Crippen LogP contribution in [0.2, 0.25) is 5.02 Å². The highest BCUT2D eigenvalue weighted by Crippen LogP contribution is 2.43. The Bertz CT molecular complexity index is 646. The van der Waals surface area contributed by atoms with Gasteiger partial charge in [-0.1, -0.05) is 35.9 Å². The van der Waals surface area contributed by atoms with Crippen LogP contribution in [0.25, 0.3) is 0 Å². The molecule has 1 heterocycles. The van der Waals surface area contributed by atoms with Crippen molar-refractivity contribution >= 4 is 23.4 Å².